The number of nitriles is 2. The average Bonchev–Trinajstić information content (AvgIpc) is 2.29. The molecule has 0 aromatic heterocycles. The Bertz CT molecular complexity index is 394. The fourth-order valence-electron chi connectivity index (χ4n) is 1.50. The van der Waals surface area contributed by atoms with Gasteiger partial charge in [0.05, 0.1) is 25.2 Å². The Hall–Kier alpha value is -2.04. The summed E-state index contributed by atoms with van der Waals surface area (Å²) in [5.41, 5.74) is 7.37. The first-order valence-corrected chi connectivity index (χ1v) is 5.02. The van der Waals surface area contributed by atoms with E-state index >= 15 is 0 Å². The molecule has 0 heterocycles. The van der Waals surface area contributed by atoms with Crippen LogP contribution in [-0.4, -0.2) is 18.0 Å². The van der Waals surface area contributed by atoms with E-state index in [1.165, 1.54) is 0 Å². The Kier molecular flexibility index (Phi) is 4.32. The van der Waals surface area contributed by atoms with Gasteiger partial charge in [-0.25, -0.2) is 0 Å². The fraction of sp³-hybridized carbons (Fsp3) is 0.333. The third-order valence-corrected chi connectivity index (χ3v) is 2.51. The van der Waals surface area contributed by atoms with Crippen LogP contribution >= 0.6 is 0 Å². The van der Waals surface area contributed by atoms with E-state index < -0.39 is 0 Å². The van der Waals surface area contributed by atoms with Crippen molar-refractivity contribution in [3.8, 4) is 12.1 Å². The molecule has 0 spiro atoms. The average molecular weight is 214 g/mol. The quantitative estimate of drug-likeness (QED) is 0.611. The van der Waals surface area contributed by atoms with E-state index in [2.05, 4.69) is 12.1 Å². The van der Waals surface area contributed by atoms with Crippen molar-refractivity contribution in [2.24, 2.45) is 0 Å². The van der Waals surface area contributed by atoms with Gasteiger partial charge in [0.25, 0.3) is 0 Å². The minimum Gasteiger partial charge on any atom is -0.399 e. The van der Waals surface area contributed by atoms with E-state index in [9.17, 15) is 0 Å². The zero-order valence-electron chi connectivity index (χ0n) is 9.22. The standard InChI is InChI=1S/C12H14N4/c1-10(16(8-6-13)9-7-14)11-2-4-12(15)5-3-11/h2-5,10H,8-9,15H2,1H3. The first-order valence-electron chi connectivity index (χ1n) is 5.02. The molecule has 0 fully saturated rings. The van der Waals surface area contributed by atoms with Gasteiger partial charge in [0.2, 0.25) is 0 Å². The van der Waals surface area contributed by atoms with Gasteiger partial charge in [-0.3, -0.25) is 4.90 Å². The molecule has 0 aliphatic carbocycles. The third-order valence-electron chi connectivity index (χ3n) is 2.51. The molecule has 4 nitrogen and oxygen atoms in total. The number of rotatable bonds is 4. The predicted molar refractivity (Wildman–Crippen MR) is 62.1 cm³/mol. The van der Waals surface area contributed by atoms with Gasteiger partial charge in [0.15, 0.2) is 0 Å². The largest absolute Gasteiger partial charge is 0.399 e. The Labute approximate surface area is 95.5 Å². The van der Waals surface area contributed by atoms with E-state index in [0.29, 0.717) is 5.69 Å². The molecule has 1 aromatic carbocycles. The normalized spacial score (nSPS) is 11.8. The molecule has 1 rings (SSSR count). The summed E-state index contributed by atoms with van der Waals surface area (Å²) in [4.78, 5) is 1.81. The van der Waals surface area contributed by atoms with Gasteiger partial charge in [-0.2, -0.15) is 10.5 Å². The van der Waals surface area contributed by atoms with Crippen LogP contribution in [0.2, 0.25) is 0 Å². The van der Waals surface area contributed by atoms with Crippen molar-refractivity contribution in [3.05, 3.63) is 29.8 Å². The smallest absolute Gasteiger partial charge is 0.0879 e. The lowest BCUT2D eigenvalue weighted by Crippen LogP contribution is -2.27. The molecule has 16 heavy (non-hydrogen) atoms. The van der Waals surface area contributed by atoms with E-state index in [0.717, 1.165) is 5.56 Å². The summed E-state index contributed by atoms with van der Waals surface area (Å²) in [6.45, 7) is 2.47. The van der Waals surface area contributed by atoms with Gasteiger partial charge < -0.3 is 5.73 Å². The van der Waals surface area contributed by atoms with Gasteiger partial charge in [-0.1, -0.05) is 12.1 Å². The molecule has 2 N–H and O–H groups in total. The van der Waals surface area contributed by atoms with Gasteiger partial charge in [-0.15, -0.1) is 0 Å². The van der Waals surface area contributed by atoms with Crippen LogP contribution in [0.25, 0.3) is 0 Å². The third kappa shape index (κ3) is 2.98. The fourth-order valence-corrected chi connectivity index (χ4v) is 1.50. The number of hydrogen-bond acceptors (Lipinski definition) is 4. The maximum atomic E-state index is 8.68. The van der Waals surface area contributed by atoms with Crippen molar-refractivity contribution in [2.45, 2.75) is 13.0 Å². The lowest BCUT2D eigenvalue weighted by molar-refractivity contribution is 0.266. The summed E-state index contributed by atoms with van der Waals surface area (Å²) in [7, 11) is 0. The van der Waals surface area contributed by atoms with Crippen LogP contribution in [-0.2, 0) is 0 Å². The molecule has 0 radical (unpaired) electrons. The van der Waals surface area contributed by atoms with Crippen molar-refractivity contribution in [3.63, 3.8) is 0 Å². The van der Waals surface area contributed by atoms with Crippen LogP contribution < -0.4 is 5.73 Å². The second-order valence-corrected chi connectivity index (χ2v) is 3.56. The summed E-state index contributed by atoms with van der Waals surface area (Å²) in [6, 6.07) is 11.7. The van der Waals surface area contributed by atoms with E-state index in [4.69, 9.17) is 16.3 Å². The molecule has 0 aliphatic rings. The Morgan fingerprint density at radius 2 is 1.69 bits per heavy atom. The van der Waals surface area contributed by atoms with Crippen molar-refractivity contribution in [2.75, 3.05) is 18.8 Å². The molecule has 0 bridgehead atoms. The summed E-state index contributed by atoms with van der Waals surface area (Å²) in [5.74, 6) is 0. The molecular formula is C12H14N4. The number of nitrogens with two attached hydrogens (primary N) is 1. The highest BCUT2D eigenvalue weighted by atomic mass is 15.1. The highest BCUT2D eigenvalue weighted by Crippen LogP contribution is 2.20. The lowest BCUT2D eigenvalue weighted by Gasteiger charge is -2.24. The van der Waals surface area contributed by atoms with E-state index in [1.54, 1.807) is 0 Å². The Balaban J connectivity index is 2.82. The van der Waals surface area contributed by atoms with Gasteiger partial charge in [0, 0.05) is 11.7 Å². The zero-order valence-corrected chi connectivity index (χ0v) is 9.22. The van der Waals surface area contributed by atoms with E-state index in [-0.39, 0.29) is 19.1 Å². The van der Waals surface area contributed by atoms with Gasteiger partial charge >= 0.3 is 0 Å². The zero-order chi connectivity index (χ0) is 12.0. The summed E-state index contributed by atoms with van der Waals surface area (Å²) < 4.78 is 0. The van der Waals surface area contributed by atoms with Crippen molar-refractivity contribution in [1.82, 2.24) is 4.90 Å². The molecule has 1 atom stereocenters. The van der Waals surface area contributed by atoms with Crippen LogP contribution in [0.1, 0.15) is 18.5 Å². The van der Waals surface area contributed by atoms with Gasteiger partial charge in [0.1, 0.15) is 0 Å². The molecule has 0 saturated carbocycles. The molecular weight excluding hydrogens is 200 g/mol. The minimum absolute atomic E-state index is 0.0416. The highest BCUT2D eigenvalue weighted by molar-refractivity contribution is 5.40. The molecule has 1 unspecified atom stereocenters. The maximum Gasteiger partial charge on any atom is 0.0879 e. The molecule has 1 aromatic rings. The van der Waals surface area contributed by atoms with Crippen LogP contribution in [0.5, 0.6) is 0 Å². The highest BCUT2D eigenvalue weighted by Gasteiger charge is 2.14. The number of benzene rings is 1. The number of nitrogens with zero attached hydrogens (tertiary/aromatic N) is 3. The number of anilines is 1. The van der Waals surface area contributed by atoms with Crippen LogP contribution in [0.4, 0.5) is 5.69 Å². The van der Waals surface area contributed by atoms with Crippen molar-refractivity contribution < 1.29 is 0 Å². The topological polar surface area (TPSA) is 76.8 Å². The summed E-state index contributed by atoms with van der Waals surface area (Å²) >= 11 is 0. The molecule has 4 heteroatoms. The molecule has 0 saturated heterocycles. The second-order valence-electron chi connectivity index (χ2n) is 3.56. The number of hydrogen-bond donors (Lipinski definition) is 1. The Morgan fingerprint density at radius 1 is 1.19 bits per heavy atom. The molecule has 0 amide bonds. The number of nitrogen functional groups attached to an aromatic ring is 1. The first kappa shape index (κ1) is 12.0. The predicted octanol–water partition coefficient (Wildman–Crippen LogP) is 1.68. The summed E-state index contributed by atoms with van der Waals surface area (Å²) in [5, 5.41) is 17.4. The first-order chi connectivity index (χ1) is 7.69. The lowest BCUT2D eigenvalue weighted by atomic mass is 10.1. The van der Waals surface area contributed by atoms with Crippen molar-refractivity contribution in [1.29, 1.82) is 10.5 Å². The van der Waals surface area contributed by atoms with Crippen molar-refractivity contribution >= 4 is 5.69 Å². The molecule has 0 aliphatic heterocycles. The van der Waals surface area contributed by atoms with Gasteiger partial charge in [-0.05, 0) is 24.6 Å². The summed E-state index contributed by atoms with van der Waals surface area (Å²) in [6.07, 6.45) is 0. The maximum absolute atomic E-state index is 8.68. The Morgan fingerprint density at radius 3 is 2.12 bits per heavy atom. The monoisotopic (exact) mass is 214 g/mol. The minimum atomic E-state index is 0.0416. The molecule has 82 valence electrons. The van der Waals surface area contributed by atoms with Crippen LogP contribution in [0, 0.1) is 22.7 Å². The van der Waals surface area contributed by atoms with E-state index in [1.807, 2.05) is 36.1 Å². The van der Waals surface area contributed by atoms with Crippen LogP contribution in [0.3, 0.4) is 0 Å². The van der Waals surface area contributed by atoms with Crippen LogP contribution in [0.15, 0.2) is 24.3 Å². The SMILES string of the molecule is CC(c1ccc(N)cc1)N(CC#N)CC#N. The second kappa shape index (κ2) is 5.75.